The van der Waals surface area contributed by atoms with Crippen LogP contribution in [0.25, 0.3) is 0 Å². The first-order valence-electron chi connectivity index (χ1n) is 4.82. The molecule has 0 aromatic heterocycles. The Morgan fingerprint density at radius 3 is 2.56 bits per heavy atom. The number of anilines is 1. The van der Waals surface area contributed by atoms with E-state index in [1.54, 1.807) is 36.0 Å². The minimum atomic E-state index is 0.0254. The van der Waals surface area contributed by atoms with Crippen LogP contribution in [0.2, 0.25) is 0 Å². The van der Waals surface area contributed by atoms with Crippen molar-refractivity contribution in [3.8, 4) is 0 Å². The maximum atomic E-state index is 11.4. The van der Waals surface area contributed by atoms with Crippen molar-refractivity contribution in [1.82, 2.24) is 0 Å². The zero-order valence-electron chi connectivity index (χ0n) is 9.03. The number of carbonyl (C=O) groups excluding carboxylic acids is 1. The van der Waals surface area contributed by atoms with Gasteiger partial charge in [0.05, 0.1) is 0 Å². The predicted molar refractivity (Wildman–Crippen MR) is 74.0 cm³/mol. The average molecular weight is 254 g/mol. The Morgan fingerprint density at radius 2 is 2.06 bits per heavy atom. The van der Waals surface area contributed by atoms with Gasteiger partial charge in [0.15, 0.2) is 0 Å². The number of benzene rings is 1. The smallest absolute Gasteiger partial charge is 0.225 e. The van der Waals surface area contributed by atoms with Gasteiger partial charge in [-0.2, -0.15) is 11.8 Å². The first kappa shape index (κ1) is 13.0. The highest BCUT2D eigenvalue weighted by Crippen LogP contribution is 2.10. The molecule has 0 atom stereocenters. The molecule has 3 nitrogen and oxygen atoms in total. The fraction of sp³-hybridized carbons (Fsp3) is 0.273. The number of carbonyl (C=O) groups is 1. The lowest BCUT2D eigenvalue weighted by Crippen LogP contribution is -2.13. The Morgan fingerprint density at radius 1 is 1.44 bits per heavy atom. The lowest BCUT2D eigenvalue weighted by Gasteiger charge is -2.05. The Bertz CT molecular complexity index is 376. The van der Waals surface area contributed by atoms with Crippen LogP contribution in [0.15, 0.2) is 24.3 Å². The Balaban J connectivity index is 2.55. The molecule has 16 heavy (non-hydrogen) atoms. The summed E-state index contributed by atoms with van der Waals surface area (Å²) >= 11 is 6.49. The summed E-state index contributed by atoms with van der Waals surface area (Å²) in [5, 5.41) is 2.81. The van der Waals surface area contributed by atoms with Gasteiger partial charge in [0.2, 0.25) is 5.91 Å². The standard InChI is InChI=1S/C11H14N2OS2/c1-16-7-6-10(14)13-9-4-2-8(3-5-9)11(12)15/h2-5H,6-7H2,1H3,(H2,12,15)(H,13,14). The summed E-state index contributed by atoms with van der Waals surface area (Å²) in [6.45, 7) is 0. The molecule has 0 aliphatic heterocycles. The summed E-state index contributed by atoms with van der Waals surface area (Å²) in [6, 6.07) is 7.19. The van der Waals surface area contributed by atoms with E-state index >= 15 is 0 Å². The summed E-state index contributed by atoms with van der Waals surface area (Å²) < 4.78 is 0. The van der Waals surface area contributed by atoms with Crippen LogP contribution in [0.4, 0.5) is 5.69 Å². The summed E-state index contributed by atoms with van der Waals surface area (Å²) in [5.74, 6) is 0.856. The highest BCUT2D eigenvalue weighted by molar-refractivity contribution is 7.98. The van der Waals surface area contributed by atoms with E-state index in [1.165, 1.54) is 0 Å². The van der Waals surface area contributed by atoms with Gasteiger partial charge in [0.1, 0.15) is 4.99 Å². The molecule has 0 radical (unpaired) electrons. The van der Waals surface area contributed by atoms with Gasteiger partial charge < -0.3 is 11.1 Å². The minimum Gasteiger partial charge on any atom is -0.389 e. The summed E-state index contributed by atoms with van der Waals surface area (Å²) in [6.07, 6.45) is 2.50. The zero-order valence-corrected chi connectivity index (χ0v) is 10.7. The van der Waals surface area contributed by atoms with Gasteiger partial charge >= 0.3 is 0 Å². The van der Waals surface area contributed by atoms with E-state index in [2.05, 4.69) is 5.32 Å². The highest BCUT2D eigenvalue weighted by atomic mass is 32.2. The van der Waals surface area contributed by atoms with Crippen molar-refractivity contribution in [3.05, 3.63) is 29.8 Å². The van der Waals surface area contributed by atoms with Crippen LogP contribution in [0, 0.1) is 0 Å². The van der Waals surface area contributed by atoms with Crippen LogP contribution < -0.4 is 11.1 Å². The molecule has 0 fully saturated rings. The van der Waals surface area contributed by atoms with Crippen molar-refractivity contribution in [1.29, 1.82) is 0 Å². The second kappa shape index (κ2) is 6.50. The number of thiocarbonyl (C=S) groups is 1. The molecule has 1 aromatic carbocycles. The monoisotopic (exact) mass is 254 g/mol. The molecule has 0 aliphatic carbocycles. The van der Waals surface area contributed by atoms with E-state index in [9.17, 15) is 4.79 Å². The van der Waals surface area contributed by atoms with E-state index in [-0.39, 0.29) is 5.91 Å². The third kappa shape index (κ3) is 4.20. The molecular weight excluding hydrogens is 240 g/mol. The molecule has 1 aromatic rings. The Hall–Kier alpha value is -1.07. The number of amides is 1. The van der Waals surface area contributed by atoms with Crippen molar-refractivity contribution in [2.24, 2.45) is 5.73 Å². The van der Waals surface area contributed by atoms with E-state index in [0.29, 0.717) is 11.4 Å². The largest absolute Gasteiger partial charge is 0.389 e. The number of rotatable bonds is 5. The molecule has 0 aliphatic rings. The first-order chi connectivity index (χ1) is 7.63. The Labute approximate surface area is 105 Å². The fourth-order valence-electron chi connectivity index (χ4n) is 1.14. The molecule has 5 heteroatoms. The van der Waals surface area contributed by atoms with Crippen LogP contribution in [0.3, 0.4) is 0 Å². The fourth-order valence-corrected chi connectivity index (χ4v) is 1.66. The van der Waals surface area contributed by atoms with E-state index < -0.39 is 0 Å². The molecule has 0 unspecified atom stereocenters. The van der Waals surface area contributed by atoms with Gasteiger partial charge in [-0.25, -0.2) is 0 Å². The summed E-state index contributed by atoms with van der Waals surface area (Å²) in [7, 11) is 0. The molecule has 1 amide bonds. The van der Waals surface area contributed by atoms with Crippen molar-refractivity contribution < 1.29 is 4.79 Å². The van der Waals surface area contributed by atoms with Crippen molar-refractivity contribution in [2.45, 2.75) is 6.42 Å². The molecule has 0 spiro atoms. The maximum Gasteiger partial charge on any atom is 0.225 e. The van der Waals surface area contributed by atoms with Crippen molar-refractivity contribution in [2.75, 3.05) is 17.3 Å². The van der Waals surface area contributed by atoms with E-state index in [0.717, 1.165) is 17.0 Å². The second-order valence-electron chi connectivity index (χ2n) is 3.23. The molecule has 0 heterocycles. The van der Waals surface area contributed by atoms with E-state index in [4.69, 9.17) is 18.0 Å². The molecule has 0 saturated carbocycles. The van der Waals surface area contributed by atoms with Gasteiger partial charge in [-0.05, 0) is 30.5 Å². The van der Waals surface area contributed by atoms with Crippen LogP contribution >= 0.6 is 24.0 Å². The van der Waals surface area contributed by atoms with Crippen LogP contribution in [0.1, 0.15) is 12.0 Å². The quantitative estimate of drug-likeness (QED) is 0.789. The lowest BCUT2D eigenvalue weighted by molar-refractivity contribution is -0.115. The maximum absolute atomic E-state index is 11.4. The summed E-state index contributed by atoms with van der Waals surface area (Å²) in [5.41, 5.74) is 7.04. The molecule has 3 N–H and O–H groups in total. The van der Waals surface area contributed by atoms with Crippen molar-refractivity contribution >= 4 is 40.6 Å². The predicted octanol–water partition coefficient (Wildman–Crippen LogP) is 2.01. The highest BCUT2D eigenvalue weighted by Gasteiger charge is 2.02. The Kier molecular flexibility index (Phi) is 5.28. The minimum absolute atomic E-state index is 0.0254. The van der Waals surface area contributed by atoms with Gasteiger partial charge in [-0.1, -0.05) is 12.2 Å². The van der Waals surface area contributed by atoms with Crippen molar-refractivity contribution in [3.63, 3.8) is 0 Å². The van der Waals surface area contributed by atoms with Gasteiger partial charge in [-0.15, -0.1) is 0 Å². The molecular formula is C11H14N2OS2. The number of hydrogen-bond donors (Lipinski definition) is 2. The van der Waals surface area contributed by atoms with Gasteiger partial charge in [0, 0.05) is 23.4 Å². The van der Waals surface area contributed by atoms with Gasteiger partial charge in [-0.3, -0.25) is 4.79 Å². The normalized spacial score (nSPS) is 9.81. The van der Waals surface area contributed by atoms with Crippen LogP contribution in [0.5, 0.6) is 0 Å². The number of thioether (sulfide) groups is 1. The number of nitrogens with one attached hydrogen (secondary N) is 1. The molecule has 0 bridgehead atoms. The zero-order chi connectivity index (χ0) is 12.0. The lowest BCUT2D eigenvalue weighted by atomic mass is 10.2. The first-order valence-corrected chi connectivity index (χ1v) is 6.62. The third-order valence-corrected chi connectivity index (χ3v) is 2.83. The van der Waals surface area contributed by atoms with Crippen LogP contribution in [-0.2, 0) is 4.79 Å². The SMILES string of the molecule is CSCCC(=O)Nc1ccc(C(N)=S)cc1. The van der Waals surface area contributed by atoms with E-state index in [1.807, 2.05) is 6.26 Å². The molecule has 86 valence electrons. The average Bonchev–Trinajstić information content (AvgIpc) is 2.27. The summed E-state index contributed by atoms with van der Waals surface area (Å²) in [4.78, 5) is 11.8. The topological polar surface area (TPSA) is 55.1 Å². The van der Waals surface area contributed by atoms with Crippen LogP contribution in [-0.4, -0.2) is 22.9 Å². The molecule has 0 saturated heterocycles. The van der Waals surface area contributed by atoms with Gasteiger partial charge in [0.25, 0.3) is 0 Å². The molecule has 1 rings (SSSR count). The number of hydrogen-bond acceptors (Lipinski definition) is 3. The third-order valence-electron chi connectivity index (χ3n) is 1.99. The second-order valence-corrected chi connectivity index (χ2v) is 4.66. The number of nitrogens with two attached hydrogens (primary N) is 1.